The van der Waals surface area contributed by atoms with E-state index in [4.69, 9.17) is 10.5 Å². The smallest absolute Gasteiger partial charge is 0.433 e. The number of hydrogen-bond donors (Lipinski definition) is 2. The summed E-state index contributed by atoms with van der Waals surface area (Å²) in [5.41, 5.74) is 3.27. The van der Waals surface area contributed by atoms with E-state index in [1.165, 1.54) is 13.3 Å². The van der Waals surface area contributed by atoms with Crippen molar-refractivity contribution in [3.05, 3.63) is 29.6 Å². The normalized spacial score (nSPS) is 22.1. The fraction of sp³-hybridized carbons (Fsp3) is 0.524. The van der Waals surface area contributed by atoms with Crippen molar-refractivity contribution in [2.45, 2.75) is 38.2 Å². The Morgan fingerprint density at radius 3 is 2.41 bits per heavy atom. The van der Waals surface area contributed by atoms with Gasteiger partial charge in [-0.3, -0.25) is 0 Å². The fourth-order valence-electron chi connectivity index (χ4n) is 5.04. The lowest BCUT2D eigenvalue weighted by Crippen LogP contribution is -2.48. The number of nitrogens with one attached hydrogen (secondary N) is 1. The van der Waals surface area contributed by atoms with Gasteiger partial charge in [0.2, 0.25) is 11.6 Å². The topological polar surface area (TPSA) is 106 Å². The molecule has 2 aliphatic rings. The number of alkyl halides is 6. The van der Waals surface area contributed by atoms with Crippen molar-refractivity contribution in [2.75, 3.05) is 35.6 Å². The van der Waals surface area contributed by atoms with Gasteiger partial charge < -0.3 is 20.7 Å². The Hall–Kier alpha value is -3.59. The van der Waals surface area contributed by atoms with E-state index in [9.17, 15) is 30.7 Å². The van der Waals surface area contributed by atoms with Gasteiger partial charge in [0, 0.05) is 19.1 Å². The molecule has 0 amide bonds. The van der Waals surface area contributed by atoms with Crippen LogP contribution in [0, 0.1) is 24.6 Å². The van der Waals surface area contributed by atoms with Crippen molar-refractivity contribution in [1.29, 1.82) is 0 Å². The molecule has 37 heavy (non-hydrogen) atoms. The molecule has 2 unspecified atom stereocenters. The van der Waals surface area contributed by atoms with Crippen LogP contribution in [-0.4, -0.2) is 56.5 Å². The van der Waals surface area contributed by atoms with Crippen molar-refractivity contribution in [1.82, 2.24) is 24.6 Å². The molecule has 2 bridgehead atoms. The fourth-order valence-corrected chi connectivity index (χ4v) is 5.04. The van der Waals surface area contributed by atoms with Crippen molar-refractivity contribution in [3.63, 3.8) is 0 Å². The van der Waals surface area contributed by atoms with Crippen molar-refractivity contribution in [2.24, 2.45) is 11.8 Å². The molecule has 0 aromatic carbocycles. The maximum Gasteiger partial charge on any atom is 0.433 e. The Morgan fingerprint density at radius 1 is 1.11 bits per heavy atom. The number of nitrogen functional groups attached to an aromatic ring is 1. The van der Waals surface area contributed by atoms with Gasteiger partial charge in [0.1, 0.15) is 6.33 Å². The first-order chi connectivity index (χ1) is 17.3. The predicted molar refractivity (Wildman–Crippen MR) is 117 cm³/mol. The number of pyridine rings is 1. The Kier molecular flexibility index (Phi) is 5.94. The van der Waals surface area contributed by atoms with Crippen molar-refractivity contribution in [3.8, 4) is 5.75 Å². The maximum atomic E-state index is 14.6. The van der Waals surface area contributed by atoms with Crippen LogP contribution in [0.15, 0.2) is 12.4 Å². The second-order valence-corrected chi connectivity index (χ2v) is 9.16. The van der Waals surface area contributed by atoms with Gasteiger partial charge in [-0.1, -0.05) is 0 Å². The van der Waals surface area contributed by atoms with Gasteiger partial charge in [-0.05, 0) is 37.7 Å². The molecule has 1 saturated carbocycles. The Labute approximate surface area is 204 Å². The second kappa shape index (κ2) is 8.76. The highest BCUT2D eigenvalue weighted by molar-refractivity contribution is 5.70. The summed E-state index contributed by atoms with van der Waals surface area (Å²) in [4.78, 5) is 13.7. The number of aryl methyl sites for hydroxylation is 1. The summed E-state index contributed by atoms with van der Waals surface area (Å²) >= 11 is 0. The van der Waals surface area contributed by atoms with Crippen molar-refractivity contribution >= 4 is 23.1 Å². The van der Waals surface area contributed by atoms with Crippen LogP contribution in [-0.2, 0) is 6.18 Å². The summed E-state index contributed by atoms with van der Waals surface area (Å²) in [6.45, 7) is 0.619. The van der Waals surface area contributed by atoms with E-state index in [1.807, 2.05) is 4.90 Å². The van der Waals surface area contributed by atoms with Gasteiger partial charge in [0.05, 0.1) is 11.4 Å². The number of nitrogens with two attached hydrogens (primary N) is 1. The van der Waals surface area contributed by atoms with Crippen LogP contribution in [0.25, 0.3) is 5.65 Å². The summed E-state index contributed by atoms with van der Waals surface area (Å²) < 4.78 is 98.7. The van der Waals surface area contributed by atoms with Gasteiger partial charge in [-0.25, -0.2) is 18.9 Å². The highest BCUT2D eigenvalue weighted by atomic mass is 19.4. The first-order valence-corrected chi connectivity index (χ1v) is 11.3. The van der Waals surface area contributed by atoms with E-state index in [-0.39, 0.29) is 35.3 Å². The molecule has 1 aliphatic carbocycles. The lowest BCUT2D eigenvalue weighted by atomic mass is 9.92. The molecule has 3 N–H and O–H groups in total. The number of ether oxygens (including phenoxy) is 1. The van der Waals surface area contributed by atoms with E-state index < -0.39 is 47.6 Å². The average molecular weight is 534 g/mol. The minimum absolute atomic E-state index is 0.0341. The van der Waals surface area contributed by atoms with Gasteiger partial charge in [0.15, 0.2) is 29.7 Å². The number of aromatic nitrogens is 5. The molecule has 0 radical (unpaired) electrons. The minimum atomic E-state index is -4.91. The summed E-state index contributed by atoms with van der Waals surface area (Å²) in [6, 6.07) is 0.198. The number of fused-ring (bicyclic) bond motifs is 3. The number of nitrogens with zero attached hydrogens (tertiary/aromatic N) is 6. The number of piperidine rings is 1. The molecule has 16 heteroatoms. The van der Waals surface area contributed by atoms with E-state index >= 15 is 0 Å². The summed E-state index contributed by atoms with van der Waals surface area (Å²) in [7, 11) is 0. The Bertz CT molecular complexity index is 1310. The first kappa shape index (κ1) is 25.1. The standard InChI is InChI=1S/C21H21F7N8O/c1-9-14(22)17(31-8-30-9)35-5-10-2-3-11(6-35)15(10)32-19-33-18-16(37-7-20(23,24)25)12(29)4-13(21(26,27)28)36(18)34-19/h4,8,10-11,15H,2-3,5-7,29H2,1H3,(H,32,34). The quantitative estimate of drug-likeness (QED) is 0.476. The molecule has 9 nitrogen and oxygen atoms in total. The Balaban J connectivity index is 1.44. The number of hydrogen-bond acceptors (Lipinski definition) is 8. The van der Waals surface area contributed by atoms with Gasteiger partial charge in [-0.15, -0.1) is 5.10 Å². The maximum absolute atomic E-state index is 14.6. The third-order valence-electron chi connectivity index (χ3n) is 6.64. The lowest BCUT2D eigenvalue weighted by Gasteiger charge is -2.38. The third kappa shape index (κ3) is 4.75. The molecule has 3 aromatic rings. The molecule has 2 atom stereocenters. The molecule has 3 aromatic heterocycles. The molecular formula is C21H21F7N8O. The molecule has 5 rings (SSSR count). The predicted octanol–water partition coefficient (Wildman–Crippen LogP) is 3.84. The molecule has 1 saturated heterocycles. The highest BCUT2D eigenvalue weighted by Gasteiger charge is 2.44. The van der Waals surface area contributed by atoms with Gasteiger partial charge in [0.25, 0.3) is 0 Å². The van der Waals surface area contributed by atoms with Crippen LogP contribution < -0.4 is 20.7 Å². The van der Waals surface area contributed by atoms with Crippen LogP contribution in [0.5, 0.6) is 5.75 Å². The highest BCUT2D eigenvalue weighted by Crippen LogP contribution is 2.41. The lowest BCUT2D eigenvalue weighted by molar-refractivity contribution is -0.153. The van der Waals surface area contributed by atoms with Crippen LogP contribution in [0.3, 0.4) is 0 Å². The Morgan fingerprint density at radius 2 is 1.78 bits per heavy atom. The minimum Gasteiger partial charge on any atom is -0.478 e. The number of rotatable bonds is 5. The van der Waals surface area contributed by atoms with Gasteiger partial charge >= 0.3 is 12.4 Å². The van der Waals surface area contributed by atoms with Crippen LogP contribution in [0.2, 0.25) is 0 Å². The number of anilines is 3. The zero-order valence-corrected chi connectivity index (χ0v) is 19.2. The van der Waals surface area contributed by atoms with E-state index in [0.29, 0.717) is 23.7 Å². The zero-order valence-electron chi connectivity index (χ0n) is 19.2. The first-order valence-electron chi connectivity index (χ1n) is 11.3. The third-order valence-corrected chi connectivity index (χ3v) is 6.64. The monoisotopic (exact) mass is 534 g/mol. The van der Waals surface area contributed by atoms with E-state index in [2.05, 4.69) is 25.4 Å². The second-order valence-electron chi connectivity index (χ2n) is 9.16. The average Bonchev–Trinajstić information content (AvgIpc) is 3.29. The summed E-state index contributed by atoms with van der Waals surface area (Å²) in [5.74, 6) is -1.27. The van der Waals surface area contributed by atoms with Gasteiger partial charge in [-0.2, -0.15) is 31.3 Å². The SMILES string of the molecule is Cc1ncnc(N2CC3CCC(C2)C3Nc2nc3c(OCC(F)(F)F)c(N)cc(C(F)(F)F)n3n2)c1F. The van der Waals surface area contributed by atoms with E-state index in [0.717, 1.165) is 12.8 Å². The van der Waals surface area contributed by atoms with Crippen molar-refractivity contribution < 1.29 is 35.5 Å². The molecular weight excluding hydrogens is 513 g/mol. The molecule has 4 heterocycles. The zero-order chi connectivity index (χ0) is 26.7. The van der Waals surface area contributed by atoms with E-state index in [1.54, 1.807) is 0 Å². The summed E-state index contributed by atoms with van der Waals surface area (Å²) in [5, 5.41) is 6.93. The number of halogens is 7. The van der Waals surface area contributed by atoms with Crippen LogP contribution in [0.1, 0.15) is 24.2 Å². The molecule has 1 aliphatic heterocycles. The van der Waals surface area contributed by atoms with Crippen LogP contribution >= 0.6 is 0 Å². The largest absolute Gasteiger partial charge is 0.478 e. The van der Waals surface area contributed by atoms with Crippen LogP contribution in [0.4, 0.5) is 48.2 Å². The molecule has 2 fully saturated rings. The molecule has 200 valence electrons. The molecule has 0 spiro atoms. The summed E-state index contributed by atoms with van der Waals surface area (Å²) in [6.07, 6.45) is -6.85.